The summed E-state index contributed by atoms with van der Waals surface area (Å²) in [7, 11) is 4.14. The fourth-order valence-corrected chi connectivity index (χ4v) is 1.18. The zero-order chi connectivity index (χ0) is 9.40. The summed E-state index contributed by atoms with van der Waals surface area (Å²) in [6.45, 7) is 1.13. The minimum atomic E-state index is -0.206. The molecule has 0 aromatic heterocycles. The van der Waals surface area contributed by atoms with Gasteiger partial charge in [0.25, 0.3) is 0 Å². The molecule has 0 N–H and O–H groups in total. The fourth-order valence-electron chi connectivity index (χ4n) is 1.05. The largest absolute Gasteiger partial charge is 0.309 e. The Kier molecular flexibility index (Phi) is 7.51. The molecule has 0 aliphatic rings. The van der Waals surface area contributed by atoms with Gasteiger partial charge in [-0.1, -0.05) is 12.8 Å². The first-order chi connectivity index (χ1) is 5.63. The maximum absolute atomic E-state index is 10.3. The number of carbonyl (C=O) groups is 1. The van der Waals surface area contributed by atoms with Crippen molar-refractivity contribution in [2.75, 3.05) is 20.6 Å². The van der Waals surface area contributed by atoms with Crippen LogP contribution in [0.4, 0.5) is 0 Å². The highest BCUT2D eigenvalue weighted by molar-refractivity contribution is 6.63. The lowest BCUT2D eigenvalue weighted by atomic mass is 10.1. The van der Waals surface area contributed by atoms with Gasteiger partial charge in [0.15, 0.2) is 0 Å². The van der Waals surface area contributed by atoms with E-state index in [1.807, 2.05) is 0 Å². The number of unbranched alkanes of at least 4 members (excludes halogenated alkanes) is 3. The first-order valence-corrected chi connectivity index (χ1v) is 4.84. The van der Waals surface area contributed by atoms with Gasteiger partial charge in [0, 0.05) is 6.42 Å². The van der Waals surface area contributed by atoms with E-state index in [4.69, 9.17) is 11.6 Å². The molecule has 72 valence electrons. The summed E-state index contributed by atoms with van der Waals surface area (Å²) in [4.78, 5) is 12.5. The highest BCUT2D eigenvalue weighted by Gasteiger charge is 1.96. The Morgan fingerprint density at radius 2 is 1.75 bits per heavy atom. The maximum Gasteiger partial charge on any atom is 0.221 e. The molecule has 0 aromatic rings. The van der Waals surface area contributed by atoms with E-state index < -0.39 is 0 Å². The lowest BCUT2D eigenvalue weighted by Crippen LogP contribution is -2.12. The molecule has 3 heteroatoms. The predicted octanol–water partition coefficient (Wildman–Crippen LogP) is 2.26. The summed E-state index contributed by atoms with van der Waals surface area (Å²) in [5.74, 6) is 0. The van der Waals surface area contributed by atoms with Gasteiger partial charge in [-0.05, 0) is 45.1 Å². The van der Waals surface area contributed by atoms with Crippen molar-refractivity contribution in [3.05, 3.63) is 0 Å². The molecule has 0 saturated carbocycles. The molecule has 0 aliphatic carbocycles. The van der Waals surface area contributed by atoms with Crippen molar-refractivity contribution in [1.82, 2.24) is 4.90 Å². The van der Waals surface area contributed by atoms with E-state index in [-0.39, 0.29) is 5.24 Å². The van der Waals surface area contributed by atoms with Crippen LogP contribution in [0.3, 0.4) is 0 Å². The van der Waals surface area contributed by atoms with Gasteiger partial charge in [-0.15, -0.1) is 0 Å². The average molecular weight is 192 g/mol. The molecule has 0 rings (SSSR count). The van der Waals surface area contributed by atoms with Crippen LogP contribution in [0.15, 0.2) is 0 Å². The third-order valence-corrected chi connectivity index (χ3v) is 1.92. The molecule has 0 aliphatic heterocycles. The Labute approximate surface area is 79.9 Å². The van der Waals surface area contributed by atoms with E-state index in [9.17, 15) is 4.79 Å². The molecule has 0 bridgehead atoms. The van der Waals surface area contributed by atoms with Crippen molar-refractivity contribution in [3.63, 3.8) is 0 Å². The molecule has 12 heavy (non-hydrogen) atoms. The summed E-state index contributed by atoms with van der Waals surface area (Å²) >= 11 is 5.19. The average Bonchev–Trinajstić information content (AvgIpc) is 1.95. The van der Waals surface area contributed by atoms with Crippen LogP contribution in [0.2, 0.25) is 0 Å². The minimum Gasteiger partial charge on any atom is -0.309 e. The molecule has 0 saturated heterocycles. The third kappa shape index (κ3) is 9.92. The molecule has 0 fully saturated rings. The van der Waals surface area contributed by atoms with Gasteiger partial charge >= 0.3 is 0 Å². The molecule has 0 unspecified atom stereocenters. The summed E-state index contributed by atoms with van der Waals surface area (Å²) in [6.07, 6.45) is 5.00. The van der Waals surface area contributed by atoms with E-state index in [0.717, 1.165) is 19.4 Å². The summed E-state index contributed by atoms with van der Waals surface area (Å²) in [5.41, 5.74) is 0. The first kappa shape index (κ1) is 11.9. The minimum absolute atomic E-state index is 0.206. The molecule has 0 atom stereocenters. The van der Waals surface area contributed by atoms with Crippen LogP contribution >= 0.6 is 11.6 Å². The van der Waals surface area contributed by atoms with Crippen molar-refractivity contribution in [1.29, 1.82) is 0 Å². The van der Waals surface area contributed by atoms with Gasteiger partial charge in [0.2, 0.25) is 5.24 Å². The number of nitrogens with zero attached hydrogens (tertiary/aromatic N) is 1. The topological polar surface area (TPSA) is 20.3 Å². The van der Waals surface area contributed by atoms with E-state index in [1.165, 1.54) is 12.8 Å². The smallest absolute Gasteiger partial charge is 0.221 e. The van der Waals surface area contributed by atoms with Crippen LogP contribution in [-0.4, -0.2) is 30.8 Å². The van der Waals surface area contributed by atoms with Gasteiger partial charge in [0.1, 0.15) is 0 Å². The second-order valence-corrected chi connectivity index (χ2v) is 3.74. The summed E-state index contributed by atoms with van der Waals surface area (Å²) in [5, 5.41) is -0.206. The lowest BCUT2D eigenvalue weighted by Gasteiger charge is -2.07. The first-order valence-electron chi connectivity index (χ1n) is 4.46. The number of halogens is 1. The molecular formula is C9H18ClNO. The van der Waals surface area contributed by atoms with Gasteiger partial charge < -0.3 is 4.90 Å². The van der Waals surface area contributed by atoms with Crippen molar-refractivity contribution in [2.45, 2.75) is 32.1 Å². The van der Waals surface area contributed by atoms with Crippen LogP contribution < -0.4 is 0 Å². The molecule has 0 spiro atoms. The van der Waals surface area contributed by atoms with Crippen LogP contribution in [0.25, 0.3) is 0 Å². The predicted molar refractivity (Wildman–Crippen MR) is 52.5 cm³/mol. The molecule has 0 amide bonds. The highest BCUT2D eigenvalue weighted by Crippen LogP contribution is 2.04. The second-order valence-electron chi connectivity index (χ2n) is 3.32. The number of hydrogen-bond acceptors (Lipinski definition) is 2. The maximum atomic E-state index is 10.3. The van der Waals surface area contributed by atoms with Gasteiger partial charge in [0.05, 0.1) is 0 Å². The normalized spacial score (nSPS) is 10.7. The quantitative estimate of drug-likeness (QED) is 0.455. The van der Waals surface area contributed by atoms with Gasteiger partial charge in [-0.2, -0.15) is 0 Å². The standard InChI is InChI=1S/C9H18ClNO/c1-11(2)8-6-4-3-5-7-9(10)12/h3-8H2,1-2H3. The van der Waals surface area contributed by atoms with E-state index in [2.05, 4.69) is 19.0 Å². The van der Waals surface area contributed by atoms with Crippen LogP contribution in [0.1, 0.15) is 32.1 Å². The van der Waals surface area contributed by atoms with Crippen LogP contribution in [-0.2, 0) is 4.79 Å². The zero-order valence-electron chi connectivity index (χ0n) is 7.98. The fraction of sp³-hybridized carbons (Fsp3) is 0.889. The summed E-state index contributed by atoms with van der Waals surface area (Å²) < 4.78 is 0. The third-order valence-electron chi connectivity index (χ3n) is 1.73. The van der Waals surface area contributed by atoms with Crippen molar-refractivity contribution in [3.8, 4) is 0 Å². The van der Waals surface area contributed by atoms with Crippen molar-refractivity contribution in [2.24, 2.45) is 0 Å². The van der Waals surface area contributed by atoms with Gasteiger partial charge in [-0.25, -0.2) is 0 Å². The number of carbonyl (C=O) groups excluding carboxylic acids is 1. The van der Waals surface area contributed by atoms with Crippen LogP contribution in [0.5, 0.6) is 0 Å². The molecular weight excluding hydrogens is 174 g/mol. The molecule has 0 heterocycles. The second kappa shape index (κ2) is 7.56. The Balaban J connectivity index is 2.96. The lowest BCUT2D eigenvalue weighted by molar-refractivity contribution is -0.111. The monoisotopic (exact) mass is 191 g/mol. The van der Waals surface area contributed by atoms with Crippen molar-refractivity contribution < 1.29 is 4.79 Å². The van der Waals surface area contributed by atoms with Gasteiger partial charge in [-0.3, -0.25) is 4.79 Å². The van der Waals surface area contributed by atoms with Crippen LogP contribution in [0, 0.1) is 0 Å². The molecule has 0 aromatic carbocycles. The number of rotatable bonds is 7. The Morgan fingerprint density at radius 1 is 1.17 bits per heavy atom. The SMILES string of the molecule is CN(C)CCCCCCC(=O)Cl. The highest BCUT2D eigenvalue weighted by atomic mass is 35.5. The Hall–Kier alpha value is -0.0800. The Bertz CT molecular complexity index is 126. The molecule has 2 nitrogen and oxygen atoms in total. The van der Waals surface area contributed by atoms with E-state index in [1.54, 1.807) is 0 Å². The Morgan fingerprint density at radius 3 is 2.25 bits per heavy atom. The zero-order valence-corrected chi connectivity index (χ0v) is 8.73. The number of hydrogen-bond donors (Lipinski definition) is 0. The van der Waals surface area contributed by atoms with E-state index in [0.29, 0.717) is 6.42 Å². The van der Waals surface area contributed by atoms with Crippen molar-refractivity contribution >= 4 is 16.8 Å². The van der Waals surface area contributed by atoms with E-state index >= 15 is 0 Å². The summed E-state index contributed by atoms with van der Waals surface area (Å²) in [6, 6.07) is 0. The molecule has 0 radical (unpaired) electrons.